The van der Waals surface area contributed by atoms with E-state index in [2.05, 4.69) is 11.4 Å². The van der Waals surface area contributed by atoms with Gasteiger partial charge in [-0.1, -0.05) is 23.8 Å². The van der Waals surface area contributed by atoms with E-state index < -0.39 is 12.0 Å². The molecule has 2 atom stereocenters. The van der Waals surface area contributed by atoms with Crippen molar-refractivity contribution in [3.63, 3.8) is 0 Å². The van der Waals surface area contributed by atoms with Gasteiger partial charge in [-0.25, -0.2) is 0 Å². The summed E-state index contributed by atoms with van der Waals surface area (Å²) in [4.78, 5) is 28.8. The Morgan fingerprint density at radius 2 is 1.74 bits per heavy atom. The Hall–Kier alpha value is -3.48. The van der Waals surface area contributed by atoms with E-state index in [1.54, 1.807) is 38.3 Å². The third kappa shape index (κ3) is 4.99. The van der Waals surface area contributed by atoms with Crippen molar-refractivity contribution < 1.29 is 23.8 Å². The summed E-state index contributed by atoms with van der Waals surface area (Å²) >= 11 is 0. The molecule has 4 rings (SSSR count). The number of carbonyl (C=O) groups excluding carboxylic acids is 2. The average molecular weight is 479 g/mol. The molecule has 0 unspecified atom stereocenters. The number of nitrogens with one attached hydrogen (secondary N) is 1. The zero-order valence-corrected chi connectivity index (χ0v) is 20.9. The molecule has 186 valence electrons. The number of hydrogen-bond acceptors (Lipinski definition) is 5. The number of nitrogens with zero attached hydrogens (tertiary/aromatic N) is 1. The van der Waals surface area contributed by atoms with Gasteiger partial charge in [-0.2, -0.15) is 0 Å². The van der Waals surface area contributed by atoms with Gasteiger partial charge in [0.15, 0.2) is 11.5 Å². The van der Waals surface area contributed by atoms with Gasteiger partial charge < -0.3 is 24.4 Å². The van der Waals surface area contributed by atoms with E-state index in [4.69, 9.17) is 14.2 Å². The summed E-state index contributed by atoms with van der Waals surface area (Å²) < 4.78 is 16.3. The third-order valence-electron chi connectivity index (χ3n) is 7.04. The van der Waals surface area contributed by atoms with Crippen molar-refractivity contribution in [2.75, 3.05) is 34.9 Å². The largest absolute Gasteiger partial charge is 0.497 e. The summed E-state index contributed by atoms with van der Waals surface area (Å²) in [6.45, 7) is 0.566. The molecule has 0 bridgehead atoms. The lowest BCUT2D eigenvalue weighted by Gasteiger charge is -2.40. The summed E-state index contributed by atoms with van der Waals surface area (Å²) in [7, 11) is 6.43. The summed E-state index contributed by atoms with van der Waals surface area (Å²) in [6.07, 6.45) is 7.82. The van der Waals surface area contributed by atoms with Gasteiger partial charge in [0.05, 0.1) is 33.3 Å². The lowest BCUT2D eigenvalue weighted by molar-refractivity contribution is -0.124. The maximum Gasteiger partial charge on any atom is 0.254 e. The first-order valence-corrected chi connectivity index (χ1v) is 12.1. The molecule has 7 nitrogen and oxygen atoms in total. The van der Waals surface area contributed by atoms with E-state index in [1.807, 2.05) is 24.3 Å². The number of amides is 2. The summed E-state index contributed by atoms with van der Waals surface area (Å²) in [5.41, 5.74) is 3.36. The van der Waals surface area contributed by atoms with Crippen LogP contribution in [-0.2, 0) is 4.79 Å². The average Bonchev–Trinajstić information content (AvgIpc) is 2.90. The highest BCUT2D eigenvalue weighted by Crippen LogP contribution is 2.45. The molecule has 2 amide bonds. The van der Waals surface area contributed by atoms with Crippen molar-refractivity contribution >= 4 is 11.8 Å². The summed E-state index contributed by atoms with van der Waals surface area (Å²) in [6, 6.07) is 10.5. The second-order valence-electron chi connectivity index (χ2n) is 9.06. The highest BCUT2D eigenvalue weighted by molar-refractivity contribution is 6.02. The van der Waals surface area contributed by atoms with Gasteiger partial charge in [-0.15, -0.1) is 0 Å². The zero-order chi connectivity index (χ0) is 24.9. The number of likely N-dealkylation sites (N-methyl/N-ethyl adjacent to an activating group) is 1. The van der Waals surface area contributed by atoms with Crippen LogP contribution in [0.4, 0.5) is 0 Å². The summed E-state index contributed by atoms with van der Waals surface area (Å²) in [5, 5.41) is 3.15. The molecule has 35 heavy (non-hydrogen) atoms. The second-order valence-corrected chi connectivity index (χ2v) is 9.06. The molecule has 1 heterocycles. The second kappa shape index (κ2) is 10.8. The maximum atomic E-state index is 13.8. The van der Waals surface area contributed by atoms with Gasteiger partial charge in [-0.3, -0.25) is 9.59 Å². The summed E-state index contributed by atoms with van der Waals surface area (Å²) in [5.74, 6) is 0.767. The molecule has 0 saturated carbocycles. The number of ether oxygens (including phenoxy) is 3. The Morgan fingerprint density at radius 3 is 2.37 bits per heavy atom. The van der Waals surface area contributed by atoms with Gasteiger partial charge in [0, 0.05) is 19.2 Å². The Bertz CT molecular complexity index is 1110. The van der Waals surface area contributed by atoms with Crippen molar-refractivity contribution in [1.29, 1.82) is 0 Å². The lowest BCUT2D eigenvalue weighted by Crippen LogP contribution is -2.45. The van der Waals surface area contributed by atoms with Crippen molar-refractivity contribution in [1.82, 2.24) is 10.2 Å². The van der Waals surface area contributed by atoms with Crippen molar-refractivity contribution in [3.05, 3.63) is 64.7 Å². The first kappa shape index (κ1) is 24.6. The Morgan fingerprint density at radius 1 is 1.03 bits per heavy atom. The molecule has 1 aliphatic carbocycles. The van der Waals surface area contributed by atoms with E-state index in [9.17, 15) is 9.59 Å². The van der Waals surface area contributed by atoms with E-state index >= 15 is 0 Å². The minimum absolute atomic E-state index is 0.116. The van der Waals surface area contributed by atoms with Gasteiger partial charge in [0.1, 0.15) is 5.75 Å². The van der Waals surface area contributed by atoms with Crippen LogP contribution in [0.1, 0.15) is 65.5 Å². The van der Waals surface area contributed by atoms with Crippen LogP contribution >= 0.6 is 0 Å². The fraction of sp³-hybridized carbons (Fsp3) is 0.429. The van der Waals surface area contributed by atoms with Crippen molar-refractivity contribution in [3.8, 4) is 17.2 Å². The SMILES string of the molecule is COc1ccc([C@H]2[C@@H](C(=O)NCCC3=CCCCC3)c3cc(OC)c(OC)cc3C(=O)N2C)cc1. The van der Waals surface area contributed by atoms with Crippen LogP contribution in [0.5, 0.6) is 17.2 Å². The number of benzene rings is 2. The Balaban J connectivity index is 1.72. The van der Waals surface area contributed by atoms with E-state index in [0.29, 0.717) is 34.9 Å². The standard InChI is InChI=1S/C28H34N2O5/c1-30-26(19-10-12-20(33-2)13-11-19)25(27(31)29-15-14-18-8-6-5-7-9-18)21-16-23(34-3)24(35-4)17-22(21)28(30)32/h8,10-13,16-17,25-26H,5-7,9,14-15H2,1-4H3,(H,29,31)/t25-,26-/m0/s1. The van der Waals surface area contributed by atoms with Gasteiger partial charge in [0.25, 0.3) is 5.91 Å². The molecule has 0 fully saturated rings. The normalized spacial score (nSPS) is 19.5. The molecule has 0 spiro atoms. The Kier molecular flexibility index (Phi) is 7.63. The minimum Gasteiger partial charge on any atom is -0.497 e. The number of carbonyl (C=O) groups is 2. The van der Waals surface area contributed by atoms with Crippen molar-refractivity contribution in [2.24, 2.45) is 0 Å². The molecule has 1 N–H and O–H groups in total. The molecule has 0 radical (unpaired) electrons. The number of allylic oxidation sites excluding steroid dienone is 1. The maximum absolute atomic E-state index is 13.8. The van der Waals surface area contributed by atoms with E-state index in [1.165, 1.54) is 25.5 Å². The lowest BCUT2D eigenvalue weighted by atomic mass is 9.79. The quantitative estimate of drug-likeness (QED) is 0.560. The van der Waals surface area contributed by atoms with Gasteiger partial charge in [-0.05, 0) is 67.5 Å². The van der Waals surface area contributed by atoms with Crippen LogP contribution in [0, 0.1) is 0 Å². The zero-order valence-electron chi connectivity index (χ0n) is 20.9. The van der Waals surface area contributed by atoms with Gasteiger partial charge >= 0.3 is 0 Å². The van der Waals surface area contributed by atoms with Crippen LogP contribution in [-0.4, -0.2) is 51.6 Å². The number of methoxy groups -OCH3 is 3. The third-order valence-corrected chi connectivity index (χ3v) is 7.04. The predicted molar refractivity (Wildman–Crippen MR) is 134 cm³/mol. The smallest absolute Gasteiger partial charge is 0.254 e. The number of fused-ring (bicyclic) bond motifs is 1. The first-order valence-electron chi connectivity index (χ1n) is 12.1. The van der Waals surface area contributed by atoms with Crippen LogP contribution in [0.2, 0.25) is 0 Å². The van der Waals surface area contributed by atoms with Gasteiger partial charge in [0.2, 0.25) is 5.91 Å². The fourth-order valence-corrected chi connectivity index (χ4v) is 5.14. The van der Waals surface area contributed by atoms with E-state index in [0.717, 1.165) is 24.8 Å². The molecule has 2 aliphatic rings. The fourth-order valence-electron chi connectivity index (χ4n) is 5.14. The monoisotopic (exact) mass is 478 g/mol. The number of rotatable bonds is 8. The molecule has 7 heteroatoms. The molecule has 2 aromatic rings. The first-order chi connectivity index (χ1) is 17.0. The molecule has 0 saturated heterocycles. The van der Waals surface area contributed by atoms with Crippen LogP contribution < -0.4 is 19.5 Å². The van der Waals surface area contributed by atoms with Crippen LogP contribution in [0.3, 0.4) is 0 Å². The van der Waals surface area contributed by atoms with Crippen LogP contribution in [0.25, 0.3) is 0 Å². The van der Waals surface area contributed by atoms with Crippen LogP contribution in [0.15, 0.2) is 48.0 Å². The molecule has 1 aliphatic heterocycles. The minimum atomic E-state index is -0.610. The molecule has 2 aromatic carbocycles. The van der Waals surface area contributed by atoms with Crippen molar-refractivity contribution in [2.45, 2.75) is 44.1 Å². The Labute approximate surface area is 207 Å². The number of hydrogen-bond donors (Lipinski definition) is 1. The highest BCUT2D eigenvalue weighted by atomic mass is 16.5. The molecular formula is C28H34N2O5. The molecular weight excluding hydrogens is 444 g/mol. The van der Waals surface area contributed by atoms with E-state index in [-0.39, 0.29) is 11.8 Å². The predicted octanol–water partition coefficient (Wildman–Crippen LogP) is 4.63. The molecule has 0 aromatic heterocycles. The highest BCUT2D eigenvalue weighted by Gasteiger charge is 2.43. The topological polar surface area (TPSA) is 77.1 Å².